The summed E-state index contributed by atoms with van der Waals surface area (Å²) in [6.07, 6.45) is -1.49. The Morgan fingerprint density at radius 1 is 1.26 bits per heavy atom. The van der Waals surface area contributed by atoms with Crippen LogP contribution in [0.2, 0.25) is 0 Å². The highest BCUT2D eigenvalue weighted by atomic mass is 16.5. The zero-order valence-corrected chi connectivity index (χ0v) is 12.2. The number of nitriles is 1. The molecule has 1 aromatic carbocycles. The highest BCUT2D eigenvalue weighted by molar-refractivity contribution is 5.98. The van der Waals surface area contributed by atoms with E-state index in [0.717, 1.165) is 0 Å². The Morgan fingerprint density at radius 3 is 2.39 bits per heavy atom. The molecule has 0 aromatic heterocycles. The fourth-order valence-electron chi connectivity index (χ4n) is 1.47. The van der Waals surface area contributed by atoms with Gasteiger partial charge in [0.2, 0.25) is 5.91 Å². The van der Waals surface area contributed by atoms with Crippen molar-refractivity contribution >= 4 is 29.5 Å². The lowest BCUT2D eigenvalue weighted by Crippen LogP contribution is -2.42. The fourth-order valence-corrected chi connectivity index (χ4v) is 1.47. The summed E-state index contributed by atoms with van der Waals surface area (Å²) in [5.74, 6) is -2.10. The van der Waals surface area contributed by atoms with Crippen molar-refractivity contribution in [2.75, 3.05) is 5.32 Å². The molecular weight excluding hydrogens is 304 g/mol. The Bertz CT molecular complexity index is 663. The molecule has 1 atom stereocenters. The van der Waals surface area contributed by atoms with Crippen LogP contribution in [-0.4, -0.2) is 29.9 Å². The van der Waals surface area contributed by atoms with E-state index in [1.54, 1.807) is 11.4 Å². The van der Waals surface area contributed by atoms with Crippen LogP contribution < -0.4 is 16.4 Å². The van der Waals surface area contributed by atoms with Gasteiger partial charge in [0.25, 0.3) is 5.91 Å². The molecule has 0 spiro atoms. The van der Waals surface area contributed by atoms with E-state index >= 15 is 0 Å². The maximum atomic E-state index is 11.8. The zero-order chi connectivity index (χ0) is 17.4. The molecule has 0 bridgehead atoms. The van der Waals surface area contributed by atoms with Gasteiger partial charge < -0.3 is 15.8 Å². The number of nitrogens with zero attached hydrogens (tertiary/aromatic N) is 1. The molecule has 0 aliphatic rings. The second kappa shape index (κ2) is 8.14. The summed E-state index contributed by atoms with van der Waals surface area (Å²) < 4.78 is 4.87. The van der Waals surface area contributed by atoms with Crippen LogP contribution in [0.25, 0.3) is 0 Å². The fraction of sp³-hybridized carbons (Fsp3) is 0.214. The Balaban J connectivity index is 2.64. The summed E-state index contributed by atoms with van der Waals surface area (Å²) >= 11 is 0. The number of carbonyl (C=O) groups excluding carboxylic acids is 4. The molecule has 0 aliphatic heterocycles. The third-order valence-electron chi connectivity index (χ3n) is 2.54. The van der Waals surface area contributed by atoms with Gasteiger partial charge in [0.15, 0.2) is 6.10 Å². The quantitative estimate of drug-likeness (QED) is 0.663. The highest BCUT2D eigenvalue weighted by Crippen LogP contribution is 2.11. The minimum Gasteiger partial charge on any atom is -0.449 e. The first-order valence-electron chi connectivity index (χ1n) is 6.41. The van der Waals surface area contributed by atoms with E-state index in [-0.39, 0.29) is 12.0 Å². The molecule has 0 saturated heterocycles. The summed E-state index contributed by atoms with van der Waals surface area (Å²) in [5, 5.41) is 12.6. The first-order valence-corrected chi connectivity index (χ1v) is 6.41. The number of imide groups is 1. The lowest BCUT2D eigenvalue weighted by atomic mass is 10.2. The Hall–Kier alpha value is -3.41. The van der Waals surface area contributed by atoms with Crippen LogP contribution in [0.15, 0.2) is 24.3 Å². The molecule has 1 rings (SSSR count). The minimum absolute atomic E-state index is 0.141. The number of carbonyl (C=O) groups is 4. The number of hydrogen-bond acceptors (Lipinski definition) is 6. The lowest BCUT2D eigenvalue weighted by Gasteiger charge is -2.12. The van der Waals surface area contributed by atoms with E-state index in [4.69, 9.17) is 15.7 Å². The van der Waals surface area contributed by atoms with Crippen LogP contribution in [0.4, 0.5) is 10.5 Å². The molecule has 0 heterocycles. The number of benzene rings is 1. The van der Waals surface area contributed by atoms with Crippen LogP contribution >= 0.6 is 0 Å². The topological polar surface area (TPSA) is 151 Å². The molecule has 4 N–H and O–H groups in total. The van der Waals surface area contributed by atoms with Gasteiger partial charge in [-0.1, -0.05) is 0 Å². The van der Waals surface area contributed by atoms with E-state index < -0.39 is 29.9 Å². The normalized spacial score (nSPS) is 10.8. The van der Waals surface area contributed by atoms with Gasteiger partial charge in [-0.3, -0.25) is 14.9 Å². The largest absolute Gasteiger partial charge is 0.449 e. The second-order valence-electron chi connectivity index (χ2n) is 4.36. The van der Waals surface area contributed by atoms with Gasteiger partial charge >= 0.3 is 12.0 Å². The number of amides is 4. The van der Waals surface area contributed by atoms with Crippen molar-refractivity contribution in [1.82, 2.24) is 5.32 Å². The number of nitrogens with two attached hydrogens (primary N) is 1. The number of hydrogen-bond donors (Lipinski definition) is 3. The maximum Gasteiger partial charge on any atom is 0.338 e. The van der Waals surface area contributed by atoms with Gasteiger partial charge in [0.05, 0.1) is 11.6 Å². The number of nitrogens with one attached hydrogen (secondary N) is 2. The third-order valence-corrected chi connectivity index (χ3v) is 2.54. The molecular formula is C14H14N4O5. The van der Waals surface area contributed by atoms with E-state index in [1.807, 2.05) is 0 Å². The first-order chi connectivity index (χ1) is 10.8. The smallest absolute Gasteiger partial charge is 0.338 e. The Morgan fingerprint density at radius 2 is 1.87 bits per heavy atom. The number of primary amides is 1. The summed E-state index contributed by atoms with van der Waals surface area (Å²) in [5.41, 5.74) is 5.33. The Kier molecular flexibility index (Phi) is 6.24. The first kappa shape index (κ1) is 17.6. The van der Waals surface area contributed by atoms with Crippen molar-refractivity contribution in [2.24, 2.45) is 5.73 Å². The molecule has 0 unspecified atom stereocenters. The van der Waals surface area contributed by atoms with Crippen LogP contribution in [0.5, 0.6) is 0 Å². The van der Waals surface area contributed by atoms with Gasteiger partial charge in [0.1, 0.15) is 6.42 Å². The lowest BCUT2D eigenvalue weighted by molar-refractivity contribution is -0.127. The molecule has 4 amide bonds. The second-order valence-corrected chi connectivity index (χ2v) is 4.36. The SMILES string of the molecule is C[C@@H](OC(=O)c1ccc(NC(=O)CC#N)cc1)C(=O)NC(N)=O. The van der Waals surface area contributed by atoms with Crippen LogP contribution in [0.3, 0.4) is 0 Å². The zero-order valence-electron chi connectivity index (χ0n) is 12.2. The van der Waals surface area contributed by atoms with Crippen molar-refractivity contribution in [1.29, 1.82) is 5.26 Å². The average molecular weight is 318 g/mol. The van der Waals surface area contributed by atoms with Crippen LogP contribution in [-0.2, 0) is 14.3 Å². The van der Waals surface area contributed by atoms with E-state index in [9.17, 15) is 19.2 Å². The summed E-state index contributed by atoms with van der Waals surface area (Å²) in [6.45, 7) is 1.28. The molecule has 0 radical (unpaired) electrons. The molecule has 9 heteroatoms. The molecule has 0 aliphatic carbocycles. The molecule has 9 nitrogen and oxygen atoms in total. The molecule has 0 saturated carbocycles. The Labute approximate surface area is 131 Å². The summed E-state index contributed by atoms with van der Waals surface area (Å²) in [4.78, 5) is 45.0. The van der Waals surface area contributed by atoms with Gasteiger partial charge in [-0.15, -0.1) is 0 Å². The van der Waals surface area contributed by atoms with Crippen molar-refractivity contribution in [2.45, 2.75) is 19.4 Å². The van der Waals surface area contributed by atoms with Crippen molar-refractivity contribution < 1.29 is 23.9 Å². The number of anilines is 1. The van der Waals surface area contributed by atoms with E-state index in [0.29, 0.717) is 5.69 Å². The monoisotopic (exact) mass is 318 g/mol. The highest BCUT2D eigenvalue weighted by Gasteiger charge is 2.19. The van der Waals surface area contributed by atoms with Crippen LogP contribution in [0.1, 0.15) is 23.7 Å². The van der Waals surface area contributed by atoms with Crippen LogP contribution in [0, 0.1) is 11.3 Å². The van der Waals surface area contributed by atoms with Gasteiger partial charge in [-0.05, 0) is 31.2 Å². The molecule has 120 valence electrons. The van der Waals surface area contributed by atoms with E-state index in [2.05, 4.69) is 5.32 Å². The maximum absolute atomic E-state index is 11.8. The predicted molar refractivity (Wildman–Crippen MR) is 77.9 cm³/mol. The van der Waals surface area contributed by atoms with Crippen molar-refractivity contribution in [3.05, 3.63) is 29.8 Å². The van der Waals surface area contributed by atoms with E-state index in [1.165, 1.54) is 31.2 Å². The minimum atomic E-state index is -1.20. The number of urea groups is 1. The summed E-state index contributed by atoms with van der Waals surface area (Å²) in [6, 6.07) is 6.30. The molecule has 0 fully saturated rings. The predicted octanol–water partition coefficient (Wildman–Crippen LogP) is 0.279. The number of esters is 1. The van der Waals surface area contributed by atoms with Crippen molar-refractivity contribution in [3.63, 3.8) is 0 Å². The number of ether oxygens (including phenoxy) is 1. The number of rotatable bonds is 5. The standard InChI is InChI=1S/C14H14N4O5/c1-8(12(20)18-14(16)22)23-13(21)9-2-4-10(5-3-9)17-11(19)6-7-15/h2-5,8H,6H2,1H3,(H,17,19)(H3,16,18,20,22)/t8-/m1/s1. The third kappa shape index (κ3) is 5.84. The average Bonchev–Trinajstić information content (AvgIpc) is 2.47. The summed E-state index contributed by atoms with van der Waals surface area (Å²) in [7, 11) is 0. The molecule has 1 aromatic rings. The van der Waals surface area contributed by atoms with Gasteiger partial charge in [0, 0.05) is 5.69 Å². The molecule has 23 heavy (non-hydrogen) atoms. The van der Waals surface area contributed by atoms with Gasteiger partial charge in [-0.2, -0.15) is 5.26 Å². The van der Waals surface area contributed by atoms with Gasteiger partial charge in [-0.25, -0.2) is 9.59 Å². The van der Waals surface area contributed by atoms with Crippen molar-refractivity contribution in [3.8, 4) is 6.07 Å².